The number of ether oxygens (including phenoxy) is 1. The Bertz CT molecular complexity index is 1550. The summed E-state index contributed by atoms with van der Waals surface area (Å²) in [6.45, 7) is 1.34. The fourth-order valence-electron chi connectivity index (χ4n) is 5.30. The van der Waals surface area contributed by atoms with E-state index in [0.717, 1.165) is 46.2 Å². The number of thioether (sulfide) groups is 1. The Balaban J connectivity index is 1.42. The Labute approximate surface area is 233 Å². The van der Waals surface area contributed by atoms with Gasteiger partial charge in [0.1, 0.15) is 11.8 Å². The Hall–Kier alpha value is -3.49. The highest BCUT2D eigenvalue weighted by molar-refractivity contribution is 8.00. The predicted molar refractivity (Wildman–Crippen MR) is 139 cm³/mol. The number of carbonyl (C=O) groups is 3. The minimum atomic E-state index is -4.66. The third-order valence-electron chi connectivity index (χ3n) is 7.18. The van der Waals surface area contributed by atoms with Gasteiger partial charge >= 0.3 is 11.0 Å². The molecule has 40 heavy (non-hydrogen) atoms. The van der Waals surface area contributed by atoms with Crippen LogP contribution in [0, 0.1) is 5.92 Å². The van der Waals surface area contributed by atoms with Gasteiger partial charge < -0.3 is 9.64 Å². The molecule has 2 saturated heterocycles. The van der Waals surface area contributed by atoms with Crippen LogP contribution in [0.25, 0.3) is 0 Å². The van der Waals surface area contributed by atoms with Gasteiger partial charge in [-0.3, -0.25) is 28.7 Å². The molecule has 6 rings (SSSR count). The monoisotopic (exact) mass is 590 g/mol. The van der Waals surface area contributed by atoms with E-state index >= 15 is 0 Å². The van der Waals surface area contributed by atoms with Crippen LogP contribution in [0.5, 0.6) is 0 Å². The number of benzene rings is 1. The van der Waals surface area contributed by atoms with Crippen molar-refractivity contribution < 1.29 is 32.3 Å². The van der Waals surface area contributed by atoms with Crippen LogP contribution in [-0.2, 0) is 31.8 Å². The van der Waals surface area contributed by atoms with Crippen LogP contribution in [0.15, 0.2) is 58.6 Å². The first kappa shape index (κ1) is 26.7. The molecular weight excluding hydrogens is 569 g/mol. The molecular formula is C26H21F3N4O5S2. The number of alkyl halides is 3. The summed E-state index contributed by atoms with van der Waals surface area (Å²) in [5.41, 5.74) is -0.571. The zero-order valence-corrected chi connectivity index (χ0v) is 22.3. The number of thiazole rings is 1. The lowest BCUT2D eigenvalue weighted by Crippen LogP contribution is -2.43. The molecule has 2 aromatic heterocycles. The molecule has 3 aliphatic rings. The smallest absolute Gasteiger partial charge is 0.378 e. The van der Waals surface area contributed by atoms with E-state index in [4.69, 9.17) is 4.74 Å². The normalized spacial score (nSPS) is 22.8. The minimum Gasteiger partial charge on any atom is -0.378 e. The highest BCUT2D eigenvalue weighted by Gasteiger charge is 2.57. The second-order valence-corrected chi connectivity index (χ2v) is 11.6. The van der Waals surface area contributed by atoms with Gasteiger partial charge in [0.05, 0.1) is 35.4 Å². The van der Waals surface area contributed by atoms with E-state index in [1.807, 2.05) is 0 Å². The van der Waals surface area contributed by atoms with Crippen molar-refractivity contribution >= 4 is 46.5 Å². The average Bonchev–Trinajstić information content (AvgIpc) is 3.39. The molecule has 0 spiro atoms. The maximum absolute atomic E-state index is 13.8. The lowest BCUT2D eigenvalue weighted by Gasteiger charge is -2.31. The number of amides is 3. The molecule has 0 radical (unpaired) electrons. The number of morpholine rings is 1. The van der Waals surface area contributed by atoms with Crippen molar-refractivity contribution in [2.45, 2.75) is 28.9 Å². The number of hydrogen-bond acceptors (Lipinski definition) is 8. The standard InChI is InChI=1S/C26H21F3N4O5S2/c27-26(28,29)15-4-1-5-16(11-15)33-22(35)19-18(14-3-2-6-30-12-14)21-24(39-20(19)23(33)36)32(25(37)40-21)13-17(34)31-7-9-38-10-8-31/h1-6,11-12,18-20H,7-10,13H2. The third-order valence-corrected chi connectivity index (χ3v) is 9.79. The maximum atomic E-state index is 13.8. The first-order valence-electron chi connectivity index (χ1n) is 12.4. The van der Waals surface area contributed by atoms with Gasteiger partial charge in [0, 0.05) is 36.3 Å². The number of imide groups is 1. The van der Waals surface area contributed by atoms with Crippen molar-refractivity contribution in [2.24, 2.45) is 5.92 Å². The molecule has 208 valence electrons. The number of pyridine rings is 1. The third kappa shape index (κ3) is 4.53. The molecule has 3 unspecified atom stereocenters. The molecule has 3 aromatic rings. The van der Waals surface area contributed by atoms with Crippen LogP contribution in [-0.4, -0.2) is 63.7 Å². The Morgan fingerprint density at radius 3 is 2.55 bits per heavy atom. The van der Waals surface area contributed by atoms with Gasteiger partial charge in [-0.05, 0) is 29.8 Å². The lowest BCUT2D eigenvalue weighted by atomic mass is 9.84. The van der Waals surface area contributed by atoms with Crippen LogP contribution in [0.4, 0.5) is 18.9 Å². The number of halogens is 3. The molecule has 5 heterocycles. The quantitative estimate of drug-likeness (QED) is 0.431. The molecule has 0 N–H and O–H groups in total. The molecule has 9 nitrogen and oxygen atoms in total. The number of rotatable bonds is 4. The highest BCUT2D eigenvalue weighted by Crippen LogP contribution is 2.54. The average molecular weight is 591 g/mol. The van der Waals surface area contributed by atoms with Crippen LogP contribution in [0.2, 0.25) is 0 Å². The van der Waals surface area contributed by atoms with Crippen molar-refractivity contribution in [1.82, 2.24) is 14.5 Å². The van der Waals surface area contributed by atoms with Gasteiger partial charge in [-0.15, -0.1) is 0 Å². The Morgan fingerprint density at radius 1 is 1.07 bits per heavy atom. The van der Waals surface area contributed by atoms with Gasteiger partial charge in [0.2, 0.25) is 17.7 Å². The van der Waals surface area contributed by atoms with E-state index in [1.165, 1.54) is 10.6 Å². The summed E-state index contributed by atoms with van der Waals surface area (Å²) >= 11 is 1.90. The van der Waals surface area contributed by atoms with Crippen molar-refractivity contribution in [3.8, 4) is 0 Å². The maximum Gasteiger partial charge on any atom is 0.416 e. The first-order chi connectivity index (χ1) is 19.1. The van der Waals surface area contributed by atoms with E-state index < -0.39 is 45.5 Å². The van der Waals surface area contributed by atoms with E-state index in [1.54, 1.807) is 29.4 Å². The second-order valence-electron chi connectivity index (χ2n) is 9.50. The SMILES string of the molecule is O=C(Cn1c2c(sc1=O)C(c1cccnc1)C1C(=O)N(c3cccc(C(F)(F)F)c3)C(=O)C1S2)N1CCOCC1. The van der Waals surface area contributed by atoms with Gasteiger partial charge in [0.25, 0.3) is 0 Å². The summed E-state index contributed by atoms with van der Waals surface area (Å²) in [5, 5.41) is -0.614. The van der Waals surface area contributed by atoms with Gasteiger partial charge in [-0.25, -0.2) is 4.90 Å². The van der Waals surface area contributed by atoms with Crippen LogP contribution in [0.3, 0.4) is 0 Å². The molecule has 3 aliphatic heterocycles. The number of carbonyl (C=O) groups excluding carboxylic acids is 3. The molecule has 0 aliphatic carbocycles. The van der Waals surface area contributed by atoms with Crippen molar-refractivity contribution in [3.05, 3.63) is 74.5 Å². The predicted octanol–water partition coefficient (Wildman–Crippen LogP) is 2.98. The summed E-state index contributed by atoms with van der Waals surface area (Å²) in [7, 11) is 0. The minimum absolute atomic E-state index is 0.173. The fraction of sp³-hybridized carbons (Fsp3) is 0.346. The number of fused-ring (bicyclic) bond motifs is 2. The molecule has 2 fully saturated rings. The van der Waals surface area contributed by atoms with Gasteiger partial charge in [0.15, 0.2) is 0 Å². The number of aromatic nitrogens is 2. The molecule has 0 saturated carbocycles. The number of nitrogens with zero attached hydrogens (tertiary/aromatic N) is 4. The zero-order chi connectivity index (χ0) is 28.2. The molecule has 14 heteroatoms. The van der Waals surface area contributed by atoms with Gasteiger partial charge in [-0.2, -0.15) is 13.2 Å². The summed E-state index contributed by atoms with van der Waals surface area (Å²) in [4.78, 5) is 60.4. The van der Waals surface area contributed by atoms with Crippen LogP contribution >= 0.6 is 23.1 Å². The van der Waals surface area contributed by atoms with Crippen LogP contribution in [0.1, 0.15) is 21.9 Å². The number of anilines is 1. The highest BCUT2D eigenvalue weighted by atomic mass is 32.2. The first-order valence-corrected chi connectivity index (χ1v) is 14.1. The topological polar surface area (TPSA) is 102 Å². The summed E-state index contributed by atoms with van der Waals surface area (Å²) in [6.07, 6.45) is -1.57. The van der Waals surface area contributed by atoms with E-state index in [-0.39, 0.29) is 18.1 Å². The second kappa shape index (κ2) is 10.2. The summed E-state index contributed by atoms with van der Waals surface area (Å²) in [5.74, 6) is -3.34. The zero-order valence-electron chi connectivity index (χ0n) is 20.7. The summed E-state index contributed by atoms with van der Waals surface area (Å²) < 4.78 is 46.9. The van der Waals surface area contributed by atoms with E-state index in [0.29, 0.717) is 41.8 Å². The van der Waals surface area contributed by atoms with Crippen LogP contribution < -0.4 is 9.77 Å². The lowest BCUT2D eigenvalue weighted by molar-refractivity contribution is -0.138. The summed E-state index contributed by atoms with van der Waals surface area (Å²) in [6, 6.07) is 7.49. The largest absolute Gasteiger partial charge is 0.416 e. The van der Waals surface area contributed by atoms with Crippen molar-refractivity contribution in [3.63, 3.8) is 0 Å². The molecule has 1 aromatic carbocycles. The molecule has 3 atom stereocenters. The molecule has 0 bridgehead atoms. The van der Waals surface area contributed by atoms with Crippen molar-refractivity contribution in [1.29, 1.82) is 0 Å². The fourth-order valence-corrected chi connectivity index (χ4v) is 8.07. The van der Waals surface area contributed by atoms with E-state index in [2.05, 4.69) is 4.98 Å². The Kier molecular flexibility index (Phi) is 6.79. The Morgan fingerprint density at radius 2 is 1.85 bits per heavy atom. The van der Waals surface area contributed by atoms with Crippen molar-refractivity contribution in [2.75, 3.05) is 31.2 Å². The van der Waals surface area contributed by atoms with E-state index in [9.17, 15) is 32.3 Å². The van der Waals surface area contributed by atoms with Gasteiger partial charge in [-0.1, -0.05) is 35.2 Å². The molecule has 3 amide bonds. The number of hydrogen-bond donors (Lipinski definition) is 0.